The van der Waals surface area contributed by atoms with Crippen LogP contribution in [0.1, 0.15) is 0 Å². The highest BCUT2D eigenvalue weighted by Crippen LogP contribution is 1.92. The summed E-state index contributed by atoms with van der Waals surface area (Å²) in [5.41, 5.74) is 5.26. The van der Waals surface area contributed by atoms with Gasteiger partial charge in [0.15, 0.2) is 5.82 Å². The predicted octanol–water partition coefficient (Wildman–Crippen LogP) is -1.79. The second kappa shape index (κ2) is 3.31. The standard InChI is InChI=1S/C5H10N4O2/c6-5-1-7-9(8-5)2-4(11)3-10/h1,4,10-11H,2-3H2,(H2,6,8). The molecule has 11 heavy (non-hydrogen) atoms. The molecule has 1 aromatic heterocycles. The first kappa shape index (κ1) is 7.96. The Morgan fingerprint density at radius 2 is 2.45 bits per heavy atom. The Balaban J connectivity index is 2.50. The van der Waals surface area contributed by atoms with Gasteiger partial charge in [-0.3, -0.25) is 0 Å². The van der Waals surface area contributed by atoms with Crippen molar-refractivity contribution >= 4 is 5.82 Å². The van der Waals surface area contributed by atoms with E-state index in [9.17, 15) is 0 Å². The highest BCUT2D eigenvalue weighted by Gasteiger charge is 2.04. The van der Waals surface area contributed by atoms with Crippen LogP contribution in [0.25, 0.3) is 0 Å². The van der Waals surface area contributed by atoms with Gasteiger partial charge in [-0.05, 0) is 0 Å². The molecule has 0 amide bonds. The van der Waals surface area contributed by atoms with Crippen molar-refractivity contribution in [3.63, 3.8) is 0 Å². The minimum atomic E-state index is -0.832. The molecule has 0 aliphatic carbocycles. The maximum atomic E-state index is 8.93. The highest BCUT2D eigenvalue weighted by molar-refractivity contribution is 5.19. The fraction of sp³-hybridized carbons (Fsp3) is 0.600. The molecular formula is C5H10N4O2. The van der Waals surface area contributed by atoms with E-state index in [1.165, 1.54) is 11.0 Å². The van der Waals surface area contributed by atoms with Crippen molar-refractivity contribution in [3.8, 4) is 0 Å². The van der Waals surface area contributed by atoms with E-state index in [1.807, 2.05) is 0 Å². The molecule has 0 fully saturated rings. The SMILES string of the molecule is Nc1cnn(CC(O)CO)n1. The molecule has 0 bridgehead atoms. The van der Waals surface area contributed by atoms with E-state index in [-0.39, 0.29) is 13.2 Å². The average Bonchev–Trinajstić information content (AvgIpc) is 2.35. The van der Waals surface area contributed by atoms with E-state index in [0.29, 0.717) is 5.82 Å². The van der Waals surface area contributed by atoms with E-state index in [1.54, 1.807) is 0 Å². The van der Waals surface area contributed by atoms with Gasteiger partial charge in [0.1, 0.15) is 0 Å². The third-order valence-electron chi connectivity index (χ3n) is 1.14. The molecule has 4 N–H and O–H groups in total. The molecule has 1 heterocycles. The molecule has 0 radical (unpaired) electrons. The zero-order chi connectivity index (χ0) is 8.27. The lowest BCUT2D eigenvalue weighted by Crippen LogP contribution is -2.21. The van der Waals surface area contributed by atoms with Gasteiger partial charge in [0, 0.05) is 0 Å². The molecule has 6 nitrogen and oxygen atoms in total. The van der Waals surface area contributed by atoms with Gasteiger partial charge < -0.3 is 15.9 Å². The van der Waals surface area contributed by atoms with Crippen molar-refractivity contribution in [2.45, 2.75) is 12.6 Å². The summed E-state index contributed by atoms with van der Waals surface area (Å²) in [7, 11) is 0. The van der Waals surface area contributed by atoms with Gasteiger partial charge >= 0.3 is 0 Å². The van der Waals surface area contributed by atoms with Crippen LogP contribution >= 0.6 is 0 Å². The molecule has 1 unspecified atom stereocenters. The number of hydrogen-bond acceptors (Lipinski definition) is 5. The average molecular weight is 158 g/mol. The topological polar surface area (TPSA) is 97.2 Å². The van der Waals surface area contributed by atoms with Crippen molar-refractivity contribution in [1.29, 1.82) is 0 Å². The zero-order valence-corrected chi connectivity index (χ0v) is 5.88. The number of anilines is 1. The Morgan fingerprint density at radius 3 is 2.91 bits per heavy atom. The van der Waals surface area contributed by atoms with Crippen LogP contribution in [0, 0.1) is 0 Å². The summed E-state index contributed by atoms with van der Waals surface area (Å²) in [5, 5.41) is 24.8. The number of nitrogens with two attached hydrogens (primary N) is 1. The number of aliphatic hydroxyl groups excluding tert-OH is 2. The van der Waals surface area contributed by atoms with E-state index >= 15 is 0 Å². The summed E-state index contributed by atoms with van der Waals surface area (Å²) < 4.78 is 0. The number of aromatic nitrogens is 3. The molecule has 0 saturated carbocycles. The van der Waals surface area contributed by atoms with Gasteiger partial charge in [-0.1, -0.05) is 0 Å². The fourth-order valence-electron chi connectivity index (χ4n) is 0.645. The lowest BCUT2D eigenvalue weighted by molar-refractivity contribution is 0.0747. The smallest absolute Gasteiger partial charge is 0.165 e. The number of nitrogens with zero attached hydrogens (tertiary/aromatic N) is 3. The third kappa shape index (κ3) is 2.17. The number of rotatable bonds is 3. The molecule has 1 rings (SSSR count). The molecule has 0 spiro atoms. The lowest BCUT2D eigenvalue weighted by Gasteiger charge is -2.04. The Kier molecular flexibility index (Phi) is 2.40. The molecule has 1 atom stereocenters. The summed E-state index contributed by atoms with van der Waals surface area (Å²) in [6.07, 6.45) is 0.547. The lowest BCUT2D eigenvalue weighted by atomic mass is 10.4. The molecule has 62 valence electrons. The second-order valence-corrected chi connectivity index (χ2v) is 2.16. The largest absolute Gasteiger partial charge is 0.394 e. The van der Waals surface area contributed by atoms with E-state index < -0.39 is 6.10 Å². The predicted molar refractivity (Wildman–Crippen MR) is 37.5 cm³/mol. The Bertz CT molecular complexity index is 224. The van der Waals surface area contributed by atoms with Crippen LogP contribution < -0.4 is 5.73 Å². The Hall–Kier alpha value is -1.14. The van der Waals surface area contributed by atoms with E-state index in [4.69, 9.17) is 15.9 Å². The van der Waals surface area contributed by atoms with Gasteiger partial charge in [-0.2, -0.15) is 9.90 Å². The number of aliphatic hydroxyl groups is 2. The summed E-state index contributed by atoms with van der Waals surface area (Å²) in [6.45, 7) is -0.144. The Morgan fingerprint density at radius 1 is 1.73 bits per heavy atom. The fourth-order valence-corrected chi connectivity index (χ4v) is 0.645. The molecule has 1 aromatic rings. The summed E-state index contributed by atoms with van der Waals surface area (Å²) >= 11 is 0. The third-order valence-corrected chi connectivity index (χ3v) is 1.14. The van der Waals surface area contributed by atoms with Gasteiger partial charge in [0.05, 0.1) is 25.5 Å². The van der Waals surface area contributed by atoms with Crippen molar-refractivity contribution in [2.75, 3.05) is 12.3 Å². The maximum Gasteiger partial charge on any atom is 0.165 e. The summed E-state index contributed by atoms with van der Waals surface area (Å²) in [5.74, 6) is 0.301. The second-order valence-electron chi connectivity index (χ2n) is 2.16. The minimum Gasteiger partial charge on any atom is -0.394 e. The van der Waals surface area contributed by atoms with E-state index in [2.05, 4.69) is 10.2 Å². The normalized spacial score (nSPS) is 13.3. The van der Waals surface area contributed by atoms with Crippen molar-refractivity contribution in [2.24, 2.45) is 0 Å². The molecule has 0 saturated heterocycles. The zero-order valence-electron chi connectivity index (χ0n) is 5.88. The first-order chi connectivity index (χ1) is 5.22. The highest BCUT2D eigenvalue weighted by atomic mass is 16.3. The van der Waals surface area contributed by atoms with Crippen molar-refractivity contribution < 1.29 is 10.2 Å². The van der Waals surface area contributed by atoms with Crippen LogP contribution in [-0.4, -0.2) is 37.9 Å². The van der Waals surface area contributed by atoms with Gasteiger partial charge in [-0.25, -0.2) is 0 Å². The monoisotopic (exact) mass is 158 g/mol. The molecule has 0 aliphatic rings. The quantitative estimate of drug-likeness (QED) is 0.483. The van der Waals surface area contributed by atoms with Crippen molar-refractivity contribution in [3.05, 3.63) is 6.20 Å². The first-order valence-electron chi connectivity index (χ1n) is 3.17. The van der Waals surface area contributed by atoms with Gasteiger partial charge in [-0.15, -0.1) is 5.10 Å². The van der Waals surface area contributed by atoms with Gasteiger partial charge in [0.25, 0.3) is 0 Å². The van der Waals surface area contributed by atoms with E-state index in [0.717, 1.165) is 0 Å². The van der Waals surface area contributed by atoms with Gasteiger partial charge in [0.2, 0.25) is 0 Å². The molecule has 6 heteroatoms. The number of hydrogen-bond donors (Lipinski definition) is 3. The van der Waals surface area contributed by atoms with Crippen LogP contribution in [0.5, 0.6) is 0 Å². The van der Waals surface area contributed by atoms with Crippen LogP contribution in [0.3, 0.4) is 0 Å². The van der Waals surface area contributed by atoms with Crippen LogP contribution in [-0.2, 0) is 6.54 Å². The van der Waals surface area contributed by atoms with Crippen molar-refractivity contribution in [1.82, 2.24) is 15.0 Å². The maximum absolute atomic E-state index is 8.93. The number of nitrogen functional groups attached to an aromatic ring is 1. The first-order valence-corrected chi connectivity index (χ1v) is 3.17. The van der Waals surface area contributed by atoms with Crippen LogP contribution in [0.15, 0.2) is 6.20 Å². The summed E-state index contributed by atoms with van der Waals surface area (Å²) in [4.78, 5) is 1.23. The molecular weight excluding hydrogens is 148 g/mol. The Labute approximate surface area is 63.2 Å². The van der Waals surface area contributed by atoms with Crippen LogP contribution in [0.2, 0.25) is 0 Å². The van der Waals surface area contributed by atoms with Crippen LogP contribution in [0.4, 0.5) is 5.82 Å². The summed E-state index contributed by atoms with van der Waals surface area (Å²) in [6, 6.07) is 0. The molecule has 0 aliphatic heterocycles. The molecule has 0 aromatic carbocycles. The minimum absolute atomic E-state index is 0.160.